The first-order valence-electron chi connectivity index (χ1n) is 6.00. The van der Waals surface area contributed by atoms with Crippen molar-refractivity contribution in [3.63, 3.8) is 0 Å². The van der Waals surface area contributed by atoms with Gasteiger partial charge in [-0.05, 0) is 36.4 Å². The number of benzene rings is 2. The summed E-state index contributed by atoms with van der Waals surface area (Å²) in [5, 5.41) is 27.4. The number of carbonyl (C=O) groups excluding carboxylic acids is 2. The van der Waals surface area contributed by atoms with Crippen molar-refractivity contribution in [3.05, 3.63) is 59.2 Å². The number of hydrogen-bond acceptors (Lipinski definition) is 6. The molecule has 0 spiro atoms. The van der Waals surface area contributed by atoms with E-state index >= 15 is 0 Å². The van der Waals surface area contributed by atoms with E-state index in [0.717, 1.165) is 18.2 Å². The highest BCUT2D eigenvalue weighted by Gasteiger charge is 2.18. The number of carbonyl (C=O) groups is 3. The molecule has 22 heavy (non-hydrogen) atoms. The van der Waals surface area contributed by atoms with Gasteiger partial charge in [0.2, 0.25) is 0 Å². The maximum Gasteiger partial charge on any atom is 0.349 e. The minimum Gasteiger partial charge on any atom is -0.508 e. The Bertz CT molecular complexity index is 747. The van der Waals surface area contributed by atoms with E-state index in [-0.39, 0.29) is 22.4 Å². The van der Waals surface area contributed by atoms with Crippen LogP contribution >= 0.6 is 0 Å². The maximum absolute atomic E-state index is 11.8. The van der Waals surface area contributed by atoms with Gasteiger partial charge < -0.3 is 20.1 Å². The maximum atomic E-state index is 11.8. The number of carboxylic acids is 1. The normalized spacial score (nSPS) is 10.0. The second-order valence-electron chi connectivity index (χ2n) is 4.26. The second-order valence-corrected chi connectivity index (χ2v) is 4.26. The van der Waals surface area contributed by atoms with Crippen LogP contribution in [0.4, 0.5) is 0 Å². The number of carboxylic acid groups (broad SMARTS) is 1. The summed E-state index contributed by atoms with van der Waals surface area (Å²) in [6.45, 7) is 0. The third-order valence-corrected chi connectivity index (χ3v) is 2.75. The van der Waals surface area contributed by atoms with Crippen molar-refractivity contribution in [2.45, 2.75) is 0 Å². The summed E-state index contributed by atoms with van der Waals surface area (Å²) in [7, 11) is 0. The summed E-state index contributed by atoms with van der Waals surface area (Å²) in [6, 6.07) is 7.99. The van der Waals surface area contributed by atoms with Crippen LogP contribution < -0.4 is 0 Å². The third kappa shape index (κ3) is 3.21. The first kappa shape index (κ1) is 15.0. The molecule has 112 valence electrons. The van der Waals surface area contributed by atoms with Gasteiger partial charge in [-0.25, -0.2) is 14.4 Å². The van der Waals surface area contributed by atoms with Crippen molar-refractivity contribution in [1.29, 1.82) is 0 Å². The highest BCUT2D eigenvalue weighted by Crippen LogP contribution is 2.23. The van der Waals surface area contributed by atoms with Crippen LogP contribution in [0.5, 0.6) is 11.5 Å². The van der Waals surface area contributed by atoms with E-state index in [9.17, 15) is 19.5 Å². The van der Waals surface area contributed by atoms with Gasteiger partial charge in [0.1, 0.15) is 17.1 Å². The lowest BCUT2D eigenvalue weighted by Crippen LogP contribution is -2.13. The molecule has 0 atom stereocenters. The van der Waals surface area contributed by atoms with E-state index in [4.69, 9.17) is 10.2 Å². The first-order valence-corrected chi connectivity index (χ1v) is 6.00. The summed E-state index contributed by atoms with van der Waals surface area (Å²) in [4.78, 5) is 34.2. The number of aromatic hydroxyl groups is 2. The molecule has 7 nitrogen and oxygen atoms in total. The van der Waals surface area contributed by atoms with Crippen molar-refractivity contribution in [3.8, 4) is 11.5 Å². The van der Waals surface area contributed by atoms with Gasteiger partial charge in [-0.15, -0.1) is 0 Å². The Labute approximate surface area is 124 Å². The fourth-order valence-corrected chi connectivity index (χ4v) is 1.64. The fraction of sp³-hybridized carbons (Fsp3) is 0. The molecule has 0 bridgehead atoms. The van der Waals surface area contributed by atoms with Gasteiger partial charge in [0.05, 0.1) is 11.1 Å². The molecule has 0 saturated carbocycles. The van der Waals surface area contributed by atoms with Crippen LogP contribution in [-0.4, -0.2) is 33.2 Å². The zero-order chi connectivity index (χ0) is 16.3. The SMILES string of the molecule is O=C(O)c1ccc(C(=O)OC(=O)c2ccc(O)cc2O)cc1. The van der Waals surface area contributed by atoms with E-state index in [1.807, 2.05) is 0 Å². The van der Waals surface area contributed by atoms with E-state index < -0.39 is 23.7 Å². The number of phenols is 2. The lowest BCUT2D eigenvalue weighted by molar-refractivity contribution is 0.0395. The number of rotatable bonds is 3. The van der Waals surface area contributed by atoms with Crippen LogP contribution in [0.15, 0.2) is 42.5 Å². The summed E-state index contributed by atoms with van der Waals surface area (Å²) in [5.41, 5.74) is -0.316. The van der Waals surface area contributed by atoms with Crippen molar-refractivity contribution < 1.29 is 34.4 Å². The minimum atomic E-state index is -1.15. The number of ether oxygens (including phenoxy) is 1. The van der Waals surface area contributed by atoms with Crippen molar-refractivity contribution in [2.24, 2.45) is 0 Å². The lowest BCUT2D eigenvalue weighted by atomic mass is 10.1. The molecule has 2 aromatic carbocycles. The molecular weight excluding hydrogens is 292 g/mol. The van der Waals surface area contributed by atoms with Gasteiger partial charge >= 0.3 is 17.9 Å². The second kappa shape index (κ2) is 5.96. The molecule has 0 heterocycles. The number of hydrogen-bond donors (Lipinski definition) is 3. The quantitative estimate of drug-likeness (QED) is 0.583. The zero-order valence-corrected chi connectivity index (χ0v) is 11.0. The third-order valence-electron chi connectivity index (χ3n) is 2.75. The van der Waals surface area contributed by atoms with E-state index in [1.165, 1.54) is 24.3 Å². The molecule has 0 amide bonds. The summed E-state index contributed by atoms with van der Waals surface area (Å²) in [6.07, 6.45) is 0. The fourth-order valence-electron chi connectivity index (χ4n) is 1.64. The standard InChI is InChI=1S/C15H10O7/c16-10-5-6-11(12(17)7-10)15(21)22-14(20)9-3-1-8(2-4-9)13(18)19/h1-7,16-17H,(H,18,19). The Morgan fingerprint density at radius 3 is 1.95 bits per heavy atom. The van der Waals surface area contributed by atoms with Crippen LogP contribution in [0, 0.1) is 0 Å². The molecule has 2 rings (SSSR count). The Morgan fingerprint density at radius 1 is 0.818 bits per heavy atom. The number of esters is 2. The molecule has 0 aliphatic carbocycles. The molecular formula is C15H10O7. The highest BCUT2D eigenvalue weighted by atomic mass is 16.6. The van der Waals surface area contributed by atoms with Gasteiger partial charge in [0.25, 0.3) is 0 Å². The molecule has 0 saturated heterocycles. The topological polar surface area (TPSA) is 121 Å². The Kier molecular flexibility index (Phi) is 4.08. The van der Waals surface area contributed by atoms with Gasteiger partial charge in [-0.1, -0.05) is 0 Å². The molecule has 0 unspecified atom stereocenters. The van der Waals surface area contributed by atoms with Crippen molar-refractivity contribution in [1.82, 2.24) is 0 Å². The molecule has 0 aliphatic rings. The summed E-state index contributed by atoms with van der Waals surface area (Å²) in [5.74, 6) is -4.01. The number of aromatic carboxylic acids is 1. The molecule has 0 fully saturated rings. The molecule has 3 N–H and O–H groups in total. The van der Waals surface area contributed by atoms with E-state index in [1.54, 1.807) is 0 Å². The van der Waals surface area contributed by atoms with Crippen LogP contribution in [0.25, 0.3) is 0 Å². The monoisotopic (exact) mass is 302 g/mol. The summed E-state index contributed by atoms with van der Waals surface area (Å²) >= 11 is 0. The molecule has 2 aromatic rings. The molecule has 0 aromatic heterocycles. The van der Waals surface area contributed by atoms with Crippen LogP contribution in [0.3, 0.4) is 0 Å². The molecule has 0 aliphatic heterocycles. The number of phenolic OH excluding ortho intramolecular Hbond substituents is 2. The average Bonchev–Trinajstić information content (AvgIpc) is 2.47. The van der Waals surface area contributed by atoms with Crippen molar-refractivity contribution in [2.75, 3.05) is 0 Å². The zero-order valence-electron chi connectivity index (χ0n) is 11.0. The molecule has 0 radical (unpaired) electrons. The largest absolute Gasteiger partial charge is 0.508 e. The van der Waals surface area contributed by atoms with E-state index in [0.29, 0.717) is 0 Å². The van der Waals surface area contributed by atoms with Crippen LogP contribution in [0.1, 0.15) is 31.1 Å². The van der Waals surface area contributed by atoms with Crippen LogP contribution in [-0.2, 0) is 4.74 Å². The smallest absolute Gasteiger partial charge is 0.349 e. The van der Waals surface area contributed by atoms with Crippen molar-refractivity contribution >= 4 is 17.9 Å². The van der Waals surface area contributed by atoms with Gasteiger partial charge in [-0.3, -0.25) is 0 Å². The highest BCUT2D eigenvalue weighted by molar-refractivity contribution is 6.04. The van der Waals surface area contributed by atoms with E-state index in [2.05, 4.69) is 4.74 Å². The van der Waals surface area contributed by atoms with Crippen LogP contribution in [0.2, 0.25) is 0 Å². The Hall–Kier alpha value is -3.35. The lowest BCUT2D eigenvalue weighted by Gasteiger charge is -2.05. The molecule has 7 heteroatoms. The predicted molar refractivity (Wildman–Crippen MR) is 72.9 cm³/mol. The minimum absolute atomic E-state index is 0.0148. The van der Waals surface area contributed by atoms with Gasteiger partial charge in [-0.2, -0.15) is 0 Å². The summed E-state index contributed by atoms with van der Waals surface area (Å²) < 4.78 is 4.58. The average molecular weight is 302 g/mol. The Balaban J connectivity index is 2.14. The first-order chi connectivity index (χ1) is 10.4. The van der Waals surface area contributed by atoms with Gasteiger partial charge in [0.15, 0.2) is 0 Å². The predicted octanol–water partition coefficient (Wildman–Crippen LogP) is 1.79. The van der Waals surface area contributed by atoms with Gasteiger partial charge in [0, 0.05) is 6.07 Å². The Morgan fingerprint density at radius 2 is 1.41 bits per heavy atom.